The molecule has 17 amide bonds. The highest BCUT2D eigenvalue weighted by atomic mass is 16.4. The number of carboxylic acids is 1. The molecule has 2 aromatic carbocycles. The Labute approximate surface area is 756 Å². The summed E-state index contributed by atoms with van der Waals surface area (Å²) in [5.41, 5.74) is -1.67. The molecule has 16 atom stereocenters. The SMILES string of the molecule is CCC(C)C(NC(=O)C(Cc1c[nH]c2ccccc12)NC(C)=O)C(=O)NC(CCC(=O)O)C(=O)NC(C)(C)C(=O)NC(C(=O)NC(C(=O)NC(C)(C)C(=O)NC(CC(C)C)C(=O)NC(C)(C)C(=O)N1CC(O)CC1C(=O)NC(CCC(N)=O)C(=O)NC(C)(C)C(=O)N1CC(O)CC1C(=O)NC(C)(C)C(=O)N1CCCC1C(=O)NC(CO)Cc1ccccc1)C(C)O)C(C)CC. The molecule has 3 saturated heterocycles. The smallest absolute Gasteiger partial charge is 0.303 e. The van der Waals surface area contributed by atoms with Gasteiger partial charge in [0.05, 0.1) is 31.0 Å². The van der Waals surface area contributed by atoms with Gasteiger partial charge in [0.1, 0.15) is 88.1 Å². The molecule has 0 saturated carbocycles. The maximum atomic E-state index is 14.8. The van der Waals surface area contributed by atoms with Crippen LogP contribution in [-0.4, -0.2) is 290 Å². The number of amides is 17. The molecule has 0 spiro atoms. The van der Waals surface area contributed by atoms with Crippen LogP contribution >= 0.6 is 0 Å². The lowest BCUT2D eigenvalue weighted by molar-refractivity contribution is -0.148. The summed E-state index contributed by atoms with van der Waals surface area (Å²) in [5, 5.41) is 87.6. The minimum absolute atomic E-state index is 0.0177. The molecular weight excluding hydrogens is 1690 g/mol. The maximum absolute atomic E-state index is 14.8. The molecule has 41 nitrogen and oxygen atoms in total. The van der Waals surface area contributed by atoms with E-state index in [2.05, 4.69) is 74.1 Å². The number of fused-ring (bicyclic) bond motifs is 1. The Bertz CT molecular complexity index is 4610. The summed E-state index contributed by atoms with van der Waals surface area (Å²) < 4.78 is 0. The summed E-state index contributed by atoms with van der Waals surface area (Å²) in [7, 11) is 0. The number of H-pyrrole nitrogens is 1. The van der Waals surface area contributed by atoms with E-state index in [0.29, 0.717) is 31.2 Å². The third-order valence-corrected chi connectivity index (χ3v) is 23.7. The number of hydrogen-bond acceptors (Lipinski definition) is 22. The zero-order valence-corrected chi connectivity index (χ0v) is 77.6. The molecule has 21 N–H and O–H groups in total. The molecule has 4 heterocycles. The number of aromatic nitrogens is 1. The lowest BCUT2D eigenvalue weighted by Gasteiger charge is -2.37. The number of rotatable bonds is 46. The first-order valence-corrected chi connectivity index (χ1v) is 44.2. The van der Waals surface area contributed by atoms with Crippen molar-refractivity contribution in [3.05, 3.63) is 71.9 Å². The van der Waals surface area contributed by atoms with Crippen molar-refractivity contribution in [3.8, 4) is 0 Å². The molecule has 3 aliphatic rings. The fourth-order valence-corrected chi connectivity index (χ4v) is 15.8. The van der Waals surface area contributed by atoms with E-state index in [4.69, 9.17) is 5.73 Å². The van der Waals surface area contributed by atoms with Crippen LogP contribution in [0.4, 0.5) is 0 Å². The molecule has 16 unspecified atom stereocenters. The topological polar surface area (TPSA) is 616 Å². The predicted octanol–water partition coefficient (Wildman–Crippen LogP) is -2.12. The molecule has 6 rings (SSSR count). The summed E-state index contributed by atoms with van der Waals surface area (Å²) in [6.45, 7) is 24.3. The standard InChI is InChI=1S/C89H136N18O23/c1-19-47(5)67(97-70(116)61(92-50(8)110)39-52-42-91-57-30-25-24-29-56(52)57)77(123)95-59(33-35-66(114)115)71(117)100-86(11,12)81(127)99-68(48(6)20-2)78(124)98-69(49(7)109)79(125)104-85(9,10)80(126)96-60(37-46(3)4)73(119)102-89(17,18)83(129)106-43-54(111)40-63(106)75(121)94-58(32-34-65(90)113)72(118)101-88(15,16)84(130)107-44-55(112)41-64(107)76(122)103-87(13,14)82(128)105-36-26-31-62(105)74(120)93-53(45-108)38-51-27-22-21-23-28-51/h21-25,27-30,42,46-49,53-55,58-64,67-69,91,108-109,111-112H,19-20,26,31-41,43-45H2,1-18H3,(H2,90,113)(H,92,110)(H,93,120)(H,94,121)(H,95,123)(H,96,126)(H,97,116)(H,98,124)(H,99,127)(H,100,117)(H,101,118)(H,102,119)(H,103,122)(H,104,125)(H,114,115). The number of nitrogens with two attached hydrogens (primary N) is 1. The van der Waals surface area contributed by atoms with E-state index >= 15 is 0 Å². The van der Waals surface area contributed by atoms with E-state index in [-0.39, 0.29) is 44.8 Å². The van der Waals surface area contributed by atoms with Crippen LogP contribution < -0.4 is 74.9 Å². The van der Waals surface area contributed by atoms with Crippen LogP contribution in [0.15, 0.2) is 60.8 Å². The van der Waals surface area contributed by atoms with Gasteiger partial charge in [-0.1, -0.05) is 103 Å². The summed E-state index contributed by atoms with van der Waals surface area (Å²) in [4.78, 5) is 259. The minimum atomic E-state index is -1.98. The molecular formula is C89H136N18O23. The van der Waals surface area contributed by atoms with Gasteiger partial charge in [0, 0.05) is 75.8 Å². The van der Waals surface area contributed by atoms with Crippen LogP contribution in [0.3, 0.4) is 0 Å². The van der Waals surface area contributed by atoms with E-state index in [1.807, 2.05) is 54.6 Å². The third kappa shape index (κ3) is 29.4. The van der Waals surface area contributed by atoms with Crippen LogP contribution in [0, 0.1) is 17.8 Å². The predicted molar refractivity (Wildman–Crippen MR) is 474 cm³/mol. The van der Waals surface area contributed by atoms with E-state index in [9.17, 15) is 112 Å². The Morgan fingerprint density at radius 3 is 1.47 bits per heavy atom. The number of para-hydroxylation sites is 1. The number of aliphatic hydroxyl groups excluding tert-OH is 4. The Kier molecular flexibility index (Phi) is 38.0. The van der Waals surface area contributed by atoms with Gasteiger partial charge in [-0.15, -0.1) is 0 Å². The highest BCUT2D eigenvalue weighted by Crippen LogP contribution is 2.29. The monoisotopic (exact) mass is 1830 g/mol. The van der Waals surface area contributed by atoms with Gasteiger partial charge < -0.3 is 120 Å². The van der Waals surface area contributed by atoms with E-state index in [1.54, 1.807) is 47.7 Å². The molecule has 0 bridgehead atoms. The van der Waals surface area contributed by atoms with E-state index in [0.717, 1.165) is 33.2 Å². The highest BCUT2D eigenvalue weighted by molar-refractivity contribution is 6.04. The number of aliphatic carboxylic acids is 1. The first-order valence-electron chi connectivity index (χ1n) is 44.2. The summed E-state index contributed by atoms with van der Waals surface area (Å²) in [6.07, 6.45) is -3.91. The number of primary amides is 1. The molecule has 0 aliphatic carbocycles. The van der Waals surface area contributed by atoms with Crippen LogP contribution in [-0.2, 0) is 99.1 Å². The summed E-state index contributed by atoms with van der Waals surface area (Å²) in [6, 6.07) is 1.27. The number of hydrogen-bond donors (Lipinski definition) is 20. The van der Waals surface area contributed by atoms with Crippen molar-refractivity contribution in [1.82, 2.24) is 88.8 Å². The van der Waals surface area contributed by atoms with Crippen molar-refractivity contribution >= 4 is 117 Å². The number of benzene rings is 2. The second-order valence-corrected chi connectivity index (χ2v) is 37.5. The molecule has 130 heavy (non-hydrogen) atoms. The molecule has 3 aliphatic heterocycles. The summed E-state index contributed by atoms with van der Waals surface area (Å²) in [5.74, 6) is -18.1. The number of β-amino-alcohol motifs (C(OH)–C–C–N with tert-alkyl or cyclic N) is 2. The van der Waals surface area contributed by atoms with Gasteiger partial charge in [-0.3, -0.25) is 86.3 Å². The minimum Gasteiger partial charge on any atom is -0.481 e. The normalized spacial score (nSPS) is 19.2. The van der Waals surface area contributed by atoms with Crippen molar-refractivity contribution in [2.45, 2.75) is 321 Å². The Balaban J connectivity index is 1.08. The average molecular weight is 1830 g/mol. The second kappa shape index (κ2) is 46.2. The molecule has 41 heteroatoms. The van der Waals surface area contributed by atoms with Crippen molar-refractivity contribution in [2.75, 3.05) is 26.2 Å². The Morgan fingerprint density at radius 1 is 0.485 bits per heavy atom. The highest BCUT2D eigenvalue weighted by Gasteiger charge is 2.51. The largest absolute Gasteiger partial charge is 0.481 e. The number of carboxylic acid groups (broad SMARTS) is 1. The zero-order valence-electron chi connectivity index (χ0n) is 77.6. The fraction of sp³-hybridized carbons (Fsp3) is 0.640. The van der Waals surface area contributed by atoms with Gasteiger partial charge in [-0.2, -0.15) is 0 Å². The summed E-state index contributed by atoms with van der Waals surface area (Å²) >= 11 is 0. The number of nitrogens with zero attached hydrogens (tertiary/aromatic N) is 3. The maximum Gasteiger partial charge on any atom is 0.303 e. The third-order valence-electron chi connectivity index (χ3n) is 23.7. The van der Waals surface area contributed by atoms with Crippen molar-refractivity contribution in [1.29, 1.82) is 0 Å². The lowest BCUT2D eigenvalue weighted by atomic mass is 9.94. The van der Waals surface area contributed by atoms with Crippen molar-refractivity contribution < 1.29 is 112 Å². The Morgan fingerprint density at radius 2 is 0.946 bits per heavy atom. The number of aromatic amines is 1. The van der Waals surface area contributed by atoms with Gasteiger partial charge in [-0.25, -0.2) is 0 Å². The molecule has 3 aromatic rings. The molecule has 1 aromatic heterocycles. The Hall–Kier alpha value is -11.7. The average Bonchev–Trinajstić information content (AvgIpc) is 1.63. The number of aliphatic hydroxyl groups is 4. The first-order chi connectivity index (χ1) is 60.5. The number of likely N-dealkylation sites (tertiary alicyclic amines) is 3. The van der Waals surface area contributed by atoms with E-state index < -0.39 is 276 Å². The number of nitrogens with one attached hydrogen (secondary N) is 14. The van der Waals surface area contributed by atoms with Crippen molar-refractivity contribution in [3.63, 3.8) is 0 Å². The van der Waals surface area contributed by atoms with Crippen LogP contribution in [0.2, 0.25) is 0 Å². The number of carbonyl (C=O) groups is 18. The fourth-order valence-electron chi connectivity index (χ4n) is 15.8. The zero-order chi connectivity index (χ0) is 97.7. The van der Waals surface area contributed by atoms with Gasteiger partial charge in [0.25, 0.3) is 0 Å². The number of carbonyl (C=O) groups excluding carboxylic acids is 17. The first kappa shape index (κ1) is 107. The molecule has 720 valence electrons. The van der Waals surface area contributed by atoms with Gasteiger partial charge in [0.15, 0.2) is 0 Å². The van der Waals surface area contributed by atoms with E-state index in [1.165, 1.54) is 81.1 Å². The lowest BCUT2D eigenvalue weighted by Crippen LogP contribution is -2.66. The van der Waals surface area contributed by atoms with Crippen LogP contribution in [0.1, 0.15) is 206 Å². The van der Waals surface area contributed by atoms with Gasteiger partial charge in [-0.05, 0) is 150 Å². The van der Waals surface area contributed by atoms with Gasteiger partial charge in [0.2, 0.25) is 100 Å². The quantitative estimate of drug-likeness (QED) is 0.0288. The van der Waals surface area contributed by atoms with Crippen LogP contribution in [0.25, 0.3) is 10.9 Å². The van der Waals surface area contributed by atoms with Crippen molar-refractivity contribution in [2.24, 2.45) is 23.5 Å². The second-order valence-electron chi connectivity index (χ2n) is 37.5. The van der Waals surface area contributed by atoms with Gasteiger partial charge >= 0.3 is 5.97 Å². The molecule has 3 fully saturated rings. The van der Waals surface area contributed by atoms with Crippen LogP contribution in [0.5, 0.6) is 0 Å². The molecule has 0 radical (unpaired) electrons.